The zero-order valence-electron chi connectivity index (χ0n) is 22.2. The number of likely N-dealkylation sites (tertiary alicyclic amines) is 1. The van der Waals surface area contributed by atoms with Gasteiger partial charge >= 0.3 is 0 Å². The summed E-state index contributed by atoms with van der Waals surface area (Å²) >= 11 is 0. The van der Waals surface area contributed by atoms with Crippen LogP contribution in [0.4, 0.5) is 5.69 Å². The maximum atomic E-state index is 6.03. The van der Waals surface area contributed by atoms with Crippen LogP contribution < -0.4 is 9.64 Å². The van der Waals surface area contributed by atoms with E-state index in [-0.39, 0.29) is 0 Å². The molecule has 200 valence electrons. The molecule has 2 N–H and O–H groups in total. The second-order valence-electron chi connectivity index (χ2n) is 10.5. The molecule has 2 aliphatic heterocycles. The van der Waals surface area contributed by atoms with Crippen LogP contribution >= 0.6 is 0 Å². The molecular formula is C29H33N9O. The number of rotatable bonds is 7. The summed E-state index contributed by atoms with van der Waals surface area (Å²) in [4.78, 5) is 24.8. The lowest BCUT2D eigenvalue weighted by Gasteiger charge is -2.34. The average molecular weight is 524 g/mol. The van der Waals surface area contributed by atoms with Crippen LogP contribution in [-0.4, -0.2) is 99.4 Å². The van der Waals surface area contributed by atoms with E-state index in [1.807, 2.05) is 30.6 Å². The number of nitrogens with zero attached hydrogens (tertiary/aromatic N) is 7. The van der Waals surface area contributed by atoms with Gasteiger partial charge in [-0.05, 0) is 63.3 Å². The van der Waals surface area contributed by atoms with E-state index in [0.29, 0.717) is 6.61 Å². The van der Waals surface area contributed by atoms with Gasteiger partial charge in [0.1, 0.15) is 29.2 Å². The van der Waals surface area contributed by atoms with E-state index < -0.39 is 0 Å². The number of anilines is 1. The minimum Gasteiger partial charge on any atom is -0.491 e. The Morgan fingerprint density at radius 3 is 2.72 bits per heavy atom. The van der Waals surface area contributed by atoms with Crippen LogP contribution in [0.3, 0.4) is 0 Å². The fraction of sp³-hybridized carbons (Fsp3) is 0.379. The second kappa shape index (κ2) is 10.3. The Labute approximate surface area is 227 Å². The summed E-state index contributed by atoms with van der Waals surface area (Å²) in [5.41, 5.74) is 7.17. The lowest BCUT2D eigenvalue weighted by molar-refractivity contribution is 0.237. The van der Waals surface area contributed by atoms with Crippen LogP contribution in [0, 0.1) is 0 Å². The Morgan fingerprint density at radius 1 is 0.974 bits per heavy atom. The molecule has 2 aliphatic rings. The van der Waals surface area contributed by atoms with Crippen molar-refractivity contribution in [2.45, 2.75) is 12.8 Å². The molecule has 0 saturated carbocycles. The maximum absolute atomic E-state index is 6.03. The van der Waals surface area contributed by atoms with Crippen molar-refractivity contribution in [2.24, 2.45) is 0 Å². The molecule has 5 aromatic heterocycles. The molecule has 0 aliphatic carbocycles. The Bertz CT molecular complexity index is 1600. The molecule has 7 heterocycles. The third kappa shape index (κ3) is 4.81. The number of ether oxygens (including phenoxy) is 1. The molecule has 0 aromatic carbocycles. The van der Waals surface area contributed by atoms with E-state index in [1.54, 1.807) is 6.20 Å². The van der Waals surface area contributed by atoms with Crippen molar-refractivity contribution < 1.29 is 4.74 Å². The van der Waals surface area contributed by atoms with Crippen molar-refractivity contribution in [1.82, 2.24) is 39.9 Å². The number of nitrogens with one attached hydrogen (secondary N) is 2. The predicted molar refractivity (Wildman–Crippen MR) is 153 cm³/mol. The Morgan fingerprint density at radius 2 is 1.85 bits per heavy atom. The van der Waals surface area contributed by atoms with Crippen molar-refractivity contribution >= 4 is 27.8 Å². The molecule has 0 amide bonds. The van der Waals surface area contributed by atoms with Crippen LogP contribution in [0.2, 0.25) is 0 Å². The maximum Gasteiger partial charge on any atom is 0.139 e. The first kappa shape index (κ1) is 24.1. The number of piperazine rings is 1. The number of hydrogen-bond donors (Lipinski definition) is 2. The monoisotopic (exact) mass is 523 g/mol. The van der Waals surface area contributed by atoms with Crippen molar-refractivity contribution in [2.75, 3.05) is 64.4 Å². The lowest BCUT2D eigenvalue weighted by Crippen LogP contribution is -2.44. The number of aromatic nitrogens is 6. The highest BCUT2D eigenvalue weighted by molar-refractivity contribution is 5.97. The molecule has 10 nitrogen and oxygen atoms in total. The average Bonchev–Trinajstić information content (AvgIpc) is 3.73. The van der Waals surface area contributed by atoms with E-state index in [0.717, 1.165) is 83.2 Å². The van der Waals surface area contributed by atoms with Gasteiger partial charge in [0.15, 0.2) is 0 Å². The SMILES string of the molecule is CN1CCN(c2ccnc3[nH]c(-c4n[nH]c5ccc(-c6cncc(OCCN7CCCC7)c6)nc45)cc23)CC1. The highest BCUT2D eigenvalue weighted by Gasteiger charge is 2.20. The summed E-state index contributed by atoms with van der Waals surface area (Å²) in [6.45, 7) is 8.05. The number of likely N-dealkylation sites (N-methyl/N-ethyl adjacent to an activating group) is 1. The van der Waals surface area contributed by atoms with E-state index in [9.17, 15) is 0 Å². The molecule has 0 unspecified atom stereocenters. The number of aromatic amines is 2. The van der Waals surface area contributed by atoms with E-state index >= 15 is 0 Å². The van der Waals surface area contributed by atoms with Gasteiger partial charge in [-0.1, -0.05) is 0 Å². The van der Waals surface area contributed by atoms with Gasteiger partial charge in [-0.15, -0.1) is 0 Å². The van der Waals surface area contributed by atoms with Crippen molar-refractivity contribution in [3.8, 4) is 28.4 Å². The van der Waals surface area contributed by atoms with Gasteiger partial charge < -0.3 is 19.5 Å². The Balaban J connectivity index is 1.17. The highest BCUT2D eigenvalue weighted by atomic mass is 16.5. The van der Waals surface area contributed by atoms with E-state index in [4.69, 9.17) is 9.72 Å². The standard InChI is InChI=1S/C29H33N9O/c1-36-10-12-38(13-11-36)26-6-7-31-29-22(26)17-25(33-29)28-27-24(34-35-28)5-4-23(32-27)20-16-21(19-30-18-20)39-15-14-37-8-2-3-9-37/h4-7,16-19H,2-3,8-15H2,1H3,(H,31,33)(H,34,35). The van der Waals surface area contributed by atoms with Gasteiger partial charge in [0.25, 0.3) is 0 Å². The van der Waals surface area contributed by atoms with Gasteiger partial charge in [-0.2, -0.15) is 5.10 Å². The van der Waals surface area contributed by atoms with Gasteiger partial charge in [0.2, 0.25) is 0 Å². The summed E-state index contributed by atoms with van der Waals surface area (Å²) in [6, 6.07) is 10.3. The van der Waals surface area contributed by atoms with Gasteiger partial charge in [0, 0.05) is 61.8 Å². The minimum atomic E-state index is 0.661. The van der Waals surface area contributed by atoms with Crippen LogP contribution in [0.25, 0.3) is 44.7 Å². The highest BCUT2D eigenvalue weighted by Crippen LogP contribution is 2.33. The summed E-state index contributed by atoms with van der Waals surface area (Å²) in [5, 5.41) is 8.88. The first-order valence-electron chi connectivity index (χ1n) is 13.8. The summed E-state index contributed by atoms with van der Waals surface area (Å²) in [5.74, 6) is 0.763. The smallest absolute Gasteiger partial charge is 0.139 e. The van der Waals surface area contributed by atoms with Gasteiger partial charge in [-0.3, -0.25) is 15.0 Å². The van der Waals surface area contributed by atoms with Gasteiger partial charge in [-0.25, -0.2) is 9.97 Å². The zero-order valence-corrected chi connectivity index (χ0v) is 22.2. The summed E-state index contributed by atoms with van der Waals surface area (Å²) in [6.07, 6.45) is 8.05. The third-order valence-electron chi connectivity index (χ3n) is 7.90. The van der Waals surface area contributed by atoms with Crippen molar-refractivity contribution in [3.05, 3.63) is 48.9 Å². The molecule has 2 fully saturated rings. The minimum absolute atomic E-state index is 0.661. The molecule has 0 bridgehead atoms. The number of fused-ring (bicyclic) bond motifs is 2. The lowest BCUT2D eigenvalue weighted by atomic mass is 10.1. The van der Waals surface area contributed by atoms with Crippen LogP contribution in [0.1, 0.15) is 12.8 Å². The van der Waals surface area contributed by atoms with Crippen molar-refractivity contribution in [1.29, 1.82) is 0 Å². The summed E-state index contributed by atoms with van der Waals surface area (Å²) < 4.78 is 6.03. The van der Waals surface area contributed by atoms with Crippen molar-refractivity contribution in [3.63, 3.8) is 0 Å². The molecule has 0 spiro atoms. The molecule has 10 heteroatoms. The quantitative estimate of drug-likeness (QED) is 0.332. The number of pyridine rings is 3. The Kier molecular flexibility index (Phi) is 6.34. The molecule has 39 heavy (non-hydrogen) atoms. The second-order valence-corrected chi connectivity index (χ2v) is 10.5. The molecule has 0 radical (unpaired) electrons. The number of hydrogen-bond acceptors (Lipinski definition) is 8. The first-order chi connectivity index (χ1) is 19.2. The largest absolute Gasteiger partial charge is 0.491 e. The Hall–Kier alpha value is -4.02. The predicted octanol–water partition coefficient (Wildman–Crippen LogP) is 3.79. The fourth-order valence-corrected chi connectivity index (χ4v) is 5.65. The van der Waals surface area contributed by atoms with Crippen LogP contribution in [-0.2, 0) is 0 Å². The van der Waals surface area contributed by atoms with Crippen LogP contribution in [0.15, 0.2) is 48.9 Å². The van der Waals surface area contributed by atoms with Crippen LogP contribution in [0.5, 0.6) is 5.75 Å². The topological polar surface area (TPSA) is 102 Å². The van der Waals surface area contributed by atoms with Gasteiger partial charge in [0.05, 0.1) is 23.1 Å². The number of H-pyrrole nitrogens is 2. The molecule has 5 aromatic rings. The molecule has 7 rings (SSSR count). The normalized spacial score (nSPS) is 17.0. The zero-order chi connectivity index (χ0) is 26.2. The summed E-state index contributed by atoms with van der Waals surface area (Å²) in [7, 11) is 2.17. The fourth-order valence-electron chi connectivity index (χ4n) is 5.65. The van der Waals surface area contributed by atoms with E-state index in [2.05, 4.69) is 59.0 Å². The molecular weight excluding hydrogens is 490 g/mol. The van der Waals surface area contributed by atoms with E-state index in [1.165, 1.54) is 31.6 Å². The first-order valence-corrected chi connectivity index (χ1v) is 13.8. The molecule has 2 saturated heterocycles. The third-order valence-corrected chi connectivity index (χ3v) is 7.90. The molecule has 0 atom stereocenters.